The van der Waals surface area contributed by atoms with Crippen LogP contribution in [-0.4, -0.2) is 26.1 Å². The van der Waals surface area contributed by atoms with Crippen molar-refractivity contribution < 1.29 is 13.6 Å². The Morgan fingerprint density at radius 1 is 1.15 bits per heavy atom. The molecular weight excluding hydrogens is 353 g/mol. The molecule has 0 saturated heterocycles. The lowest BCUT2D eigenvalue weighted by Gasteiger charge is -2.06. The molecule has 0 aliphatic heterocycles. The highest BCUT2D eigenvalue weighted by atomic mass is 19.1. The normalized spacial score (nSPS) is 10.9. The summed E-state index contributed by atoms with van der Waals surface area (Å²) in [5.74, 6) is -0.673. The number of aromatic nitrogens is 4. The zero-order valence-electron chi connectivity index (χ0n) is 13.8. The number of rotatable bonds is 4. The van der Waals surface area contributed by atoms with Crippen LogP contribution in [0.25, 0.3) is 16.7 Å². The second kappa shape index (κ2) is 6.79. The zero-order valence-corrected chi connectivity index (χ0v) is 13.8. The molecule has 134 valence electrons. The van der Waals surface area contributed by atoms with Crippen LogP contribution in [0.5, 0.6) is 0 Å². The number of fused-ring (bicyclic) bond motifs is 1. The van der Waals surface area contributed by atoms with Gasteiger partial charge in [0, 0.05) is 5.39 Å². The maximum absolute atomic E-state index is 13.1. The molecule has 2 aromatic heterocycles. The number of carbonyl (C=O) groups excluding carboxylic acids is 1. The van der Waals surface area contributed by atoms with Gasteiger partial charge in [0.05, 0.1) is 12.2 Å². The number of hydrogen-bond donors (Lipinski definition) is 1. The molecule has 0 fully saturated rings. The minimum atomic E-state index is -0.732. The molecule has 0 bridgehead atoms. The number of nitrogens with zero attached hydrogens (tertiary/aromatic N) is 4. The molecule has 4 rings (SSSR count). The lowest BCUT2D eigenvalue weighted by molar-refractivity contribution is 0.0946. The SMILES string of the molecule is O=C(NCc1nnnn1-c1ccc(F)cc1)c1cc2ccccc2oc1=O. The summed E-state index contributed by atoms with van der Waals surface area (Å²) in [7, 11) is 0. The van der Waals surface area contributed by atoms with Crippen LogP contribution < -0.4 is 10.9 Å². The summed E-state index contributed by atoms with van der Waals surface area (Å²) in [6, 6.07) is 13.9. The molecule has 27 heavy (non-hydrogen) atoms. The number of halogens is 1. The van der Waals surface area contributed by atoms with E-state index in [1.807, 2.05) is 0 Å². The molecule has 1 N–H and O–H groups in total. The van der Waals surface area contributed by atoms with Crippen LogP contribution in [0.4, 0.5) is 4.39 Å². The van der Waals surface area contributed by atoms with Crippen molar-refractivity contribution in [1.29, 1.82) is 0 Å². The van der Waals surface area contributed by atoms with E-state index in [0.29, 0.717) is 22.5 Å². The van der Waals surface area contributed by atoms with Crippen molar-refractivity contribution in [3.63, 3.8) is 0 Å². The highest BCUT2D eigenvalue weighted by Gasteiger charge is 2.15. The number of para-hydroxylation sites is 1. The number of hydrogen-bond acceptors (Lipinski definition) is 6. The van der Waals surface area contributed by atoms with E-state index in [2.05, 4.69) is 20.8 Å². The fraction of sp³-hybridized carbons (Fsp3) is 0.0556. The van der Waals surface area contributed by atoms with Crippen LogP contribution in [0.2, 0.25) is 0 Å². The molecule has 1 amide bonds. The van der Waals surface area contributed by atoms with Crippen molar-refractivity contribution in [2.45, 2.75) is 6.54 Å². The predicted molar refractivity (Wildman–Crippen MR) is 92.8 cm³/mol. The molecular formula is C18H12FN5O3. The van der Waals surface area contributed by atoms with Crippen LogP contribution in [0.1, 0.15) is 16.2 Å². The molecule has 0 unspecified atom stereocenters. The molecule has 2 heterocycles. The molecule has 2 aromatic carbocycles. The predicted octanol–water partition coefficient (Wildman–Crippen LogP) is 1.84. The fourth-order valence-corrected chi connectivity index (χ4v) is 2.57. The Morgan fingerprint density at radius 2 is 1.93 bits per heavy atom. The van der Waals surface area contributed by atoms with Gasteiger partial charge in [-0.05, 0) is 46.8 Å². The summed E-state index contributed by atoms with van der Waals surface area (Å²) in [5.41, 5.74) is 0.0917. The zero-order chi connectivity index (χ0) is 18.8. The highest BCUT2D eigenvalue weighted by Crippen LogP contribution is 2.13. The standard InChI is InChI=1S/C18H12FN5O3/c19-12-5-7-13(8-6-12)24-16(21-22-23-24)10-20-17(25)14-9-11-3-1-2-4-15(11)27-18(14)26/h1-9H,10H2,(H,20,25). The van der Waals surface area contributed by atoms with Gasteiger partial charge in [-0.15, -0.1) is 5.10 Å². The maximum Gasteiger partial charge on any atom is 0.349 e. The quantitative estimate of drug-likeness (QED) is 0.554. The largest absolute Gasteiger partial charge is 0.422 e. The van der Waals surface area contributed by atoms with E-state index in [4.69, 9.17) is 4.42 Å². The van der Waals surface area contributed by atoms with Crippen LogP contribution >= 0.6 is 0 Å². The van der Waals surface area contributed by atoms with Crippen molar-refractivity contribution in [3.8, 4) is 5.69 Å². The summed E-state index contributed by atoms with van der Waals surface area (Å²) in [6.07, 6.45) is 0. The minimum Gasteiger partial charge on any atom is -0.422 e. The Balaban J connectivity index is 1.55. The van der Waals surface area contributed by atoms with Gasteiger partial charge in [0.15, 0.2) is 5.82 Å². The third-order valence-electron chi connectivity index (χ3n) is 3.90. The van der Waals surface area contributed by atoms with Crippen LogP contribution in [0.15, 0.2) is 63.8 Å². The van der Waals surface area contributed by atoms with Gasteiger partial charge in [-0.2, -0.15) is 4.68 Å². The number of amides is 1. The van der Waals surface area contributed by atoms with Gasteiger partial charge in [-0.25, -0.2) is 9.18 Å². The van der Waals surface area contributed by atoms with Gasteiger partial charge in [0.25, 0.3) is 5.91 Å². The summed E-state index contributed by atoms with van der Waals surface area (Å²) in [6.45, 7) is -0.0323. The first-order valence-electron chi connectivity index (χ1n) is 7.96. The van der Waals surface area contributed by atoms with Gasteiger partial charge in [-0.3, -0.25) is 4.79 Å². The van der Waals surface area contributed by atoms with Crippen LogP contribution in [-0.2, 0) is 6.54 Å². The molecule has 0 saturated carbocycles. The van der Waals surface area contributed by atoms with E-state index in [1.165, 1.54) is 35.0 Å². The van der Waals surface area contributed by atoms with Crippen LogP contribution in [0, 0.1) is 5.82 Å². The molecule has 4 aromatic rings. The molecule has 8 nitrogen and oxygen atoms in total. The molecule has 0 aliphatic rings. The van der Waals surface area contributed by atoms with E-state index < -0.39 is 11.5 Å². The van der Waals surface area contributed by atoms with Gasteiger partial charge >= 0.3 is 5.63 Å². The lowest BCUT2D eigenvalue weighted by Crippen LogP contribution is -2.29. The molecule has 0 aliphatic carbocycles. The Bertz CT molecular complexity index is 1180. The smallest absolute Gasteiger partial charge is 0.349 e. The average molecular weight is 365 g/mol. The molecule has 9 heteroatoms. The first kappa shape index (κ1) is 16.6. The highest BCUT2D eigenvalue weighted by molar-refractivity contribution is 5.96. The molecule has 0 atom stereocenters. The van der Waals surface area contributed by atoms with Gasteiger partial charge in [0.2, 0.25) is 0 Å². The molecule has 0 radical (unpaired) electrons. The first-order valence-corrected chi connectivity index (χ1v) is 7.96. The van der Waals surface area contributed by atoms with Gasteiger partial charge < -0.3 is 9.73 Å². The monoisotopic (exact) mass is 365 g/mol. The van der Waals surface area contributed by atoms with Crippen LogP contribution in [0.3, 0.4) is 0 Å². The van der Waals surface area contributed by atoms with Crippen molar-refractivity contribution in [2.75, 3.05) is 0 Å². The van der Waals surface area contributed by atoms with Crippen molar-refractivity contribution in [2.24, 2.45) is 0 Å². The maximum atomic E-state index is 13.1. The molecule has 0 spiro atoms. The van der Waals surface area contributed by atoms with Gasteiger partial charge in [0.1, 0.15) is 17.0 Å². The summed E-state index contributed by atoms with van der Waals surface area (Å²) >= 11 is 0. The second-order valence-corrected chi connectivity index (χ2v) is 5.65. The number of nitrogens with one attached hydrogen (secondary N) is 1. The van der Waals surface area contributed by atoms with Crippen molar-refractivity contribution in [1.82, 2.24) is 25.5 Å². The lowest BCUT2D eigenvalue weighted by atomic mass is 10.2. The third-order valence-corrected chi connectivity index (χ3v) is 3.90. The Kier molecular flexibility index (Phi) is 4.17. The van der Waals surface area contributed by atoms with E-state index in [0.717, 1.165) is 0 Å². The van der Waals surface area contributed by atoms with E-state index in [1.54, 1.807) is 24.3 Å². The van der Waals surface area contributed by atoms with E-state index >= 15 is 0 Å². The van der Waals surface area contributed by atoms with Crippen molar-refractivity contribution >= 4 is 16.9 Å². The Labute approximate surface area is 151 Å². The van der Waals surface area contributed by atoms with Gasteiger partial charge in [-0.1, -0.05) is 18.2 Å². The number of carbonyl (C=O) groups is 1. The minimum absolute atomic E-state index is 0.0323. The summed E-state index contributed by atoms with van der Waals surface area (Å²) in [4.78, 5) is 24.4. The number of tetrazole rings is 1. The van der Waals surface area contributed by atoms with E-state index in [9.17, 15) is 14.0 Å². The summed E-state index contributed by atoms with van der Waals surface area (Å²) in [5, 5.41) is 14.5. The third kappa shape index (κ3) is 3.30. The number of benzene rings is 2. The summed E-state index contributed by atoms with van der Waals surface area (Å²) < 4.78 is 19.6. The Morgan fingerprint density at radius 3 is 2.74 bits per heavy atom. The second-order valence-electron chi connectivity index (χ2n) is 5.65. The first-order chi connectivity index (χ1) is 13.1. The topological polar surface area (TPSA) is 103 Å². The van der Waals surface area contributed by atoms with E-state index in [-0.39, 0.29) is 17.9 Å². The fourth-order valence-electron chi connectivity index (χ4n) is 2.57. The Hall–Kier alpha value is -3.88. The van der Waals surface area contributed by atoms with Crippen molar-refractivity contribution in [3.05, 3.63) is 82.2 Å². The average Bonchev–Trinajstić information content (AvgIpc) is 3.14.